The lowest BCUT2D eigenvalue weighted by molar-refractivity contribution is -0.274. The van der Waals surface area contributed by atoms with E-state index in [4.69, 9.17) is 17.2 Å². The molecule has 0 saturated carbocycles. The van der Waals surface area contributed by atoms with Crippen LogP contribution in [0.2, 0.25) is 0 Å². The number of aliphatic imine (C=N–C) groups is 1. The third-order valence-electron chi connectivity index (χ3n) is 7.72. The van der Waals surface area contributed by atoms with Crippen LogP contribution in [0.25, 0.3) is 16.7 Å². The van der Waals surface area contributed by atoms with Gasteiger partial charge in [0.05, 0.1) is 5.69 Å². The van der Waals surface area contributed by atoms with Gasteiger partial charge in [0.1, 0.15) is 17.6 Å². The zero-order valence-electron chi connectivity index (χ0n) is 29.6. The summed E-state index contributed by atoms with van der Waals surface area (Å²) in [4.78, 5) is 23.9. The average molecular weight is 703 g/mol. The van der Waals surface area contributed by atoms with Gasteiger partial charge in [0.2, 0.25) is 0 Å². The normalized spacial score (nSPS) is 12.7. The van der Waals surface area contributed by atoms with Gasteiger partial charge in [-0.05, 0) is 84.8 Å². The fraction of sp³-hybridized carbons (Fsp3) is 0.472. The zero-order chi connectivity index (χ0) is 37.3. The van der Waals surface area contributed by atoms with Crippen LogP contribution in [-0.2, 0) is 17.4 Å². The van der Waals surface area contributed by atoms with Crippen molar-refractivity contribution in [3.8, 4) is 11.4 Å². The van der Waals surface area contributed by atoms with Crippen molar-refractivity contribution in [2.45, 2.75) is 90.7 Å². The van der Waals surface area contributed by atoms with Gasteiger partial charge in [-0.15, -0.1) is 13.2 Å². The summed E-state index contributed by atoms with van der Waals surface area (Å²) in [5, 5.41) is 4.27. The van der Waals surface area contributed by atoms with Gasteiger partial charge < -0.3 is 32.2 Å². The van der Waals surface area contributed by atoms with Crippen molar-refractivity contribution in [1.29, 1.82) is 0 Å². The maximum atomic E-state index is 14.1. The van der Waals surface area contributed by atoms with E-state index in [2.05, 4.69) is 51.9 Å². The number of nitrogens with two attached hydrogens (primary N) is 3. The van der Waals surface area contributed by atoms with E-state index in [-0.39, 0.29) is 34.8 Å². The first-order valence-electron chi connectivity index (χ1n) is 16.5. The Balaban J connectivity index is 0.000000286. The summed E-state index contributed by atoms with van der Waals surface area (Å²) in [5.74, 6) is -0.266. The number of ether oxygens (including phenoxy) is 1. The summed E-state index contributed by atoms with van der Waals surface area (Å²) < 4.78 is 56.7. The highest BCUT2D eigenvalue weighted by molar-refractivity contribution is 5.76. The Morgan fingerprint density at radius 3 is 2.26 bits per heavy atom. The lowest BCUT2D eigenvalue weighted by atomic mass is 9.85. The van der Waals surface area contributed by atoms with Gasteiger partial charge in [0.15, 0.2) is 5.96 Å². The molecule has 274 valence electrons. The molecule has 0 radical (unpaired) electrons. The number of guanidine groups is 1. The van der Waals surface area contributed by atoms with E-state index >= 15 is 0 Å². The number of aromatic nitrogens is 3. The number of rotatable bonds is 12. The topological polar surface area (TPSA) is 162 Å². The number of halogens is 4. The number of H-pyrrole nitrogens is 1. The fourth-order valence-corrected chi connectivity index (χ4v) is 4.89. The van der Waals surface area contributed by atoms with Gasteiger partial charge in [-0.25, -0.2) is 9.18 Å². The summed E-state index contributed by atoms with van der Waals surface area (Å²) in [6.45, 7) is 14.4. The number of nitrogens with zero attached hydrogens (tertiary/aromatic N) is 3. The first-order valence-corrected chi connectivity index (χ1v) is 16.5. The molecule has 2 aromatic heterocycles. The molecular formula is C36H50F4N8O2. The van der Waals surface area contributed by atoms with Crippen LogP contribution >= 0.6 is 0 Å². The predicted octanol–water partition coefficient (Wildman–Crippen LogP) is 6.40. The van der Waals surface area contributed by atoms with Gasteiger partial charge in [0, 0.05) is 35.8 Å². The summed E-state index contributed by atoms with van der Waals surface area (Å²) in [6, 6.07) is 13.9. The van der Waals surface area contributed by atoms with E-state index in [0.717, 1.165) is 47.9 Å². The monoisotopic (exact) mass is 702 g/mol. The minimum Gasteiger partial charge on any atom is -0.406 e. The van der Waals surface area contributed by atoms with Crippen molar-refractivity contribution >= 4 is 17.0 Å². The van der Waals surface area contributed by atoms with E-state index < -0.39 is 17.9 Å². The third kappa shape index (κ3) is 12.5. The molecule has 0 saturated heterocycles. The van der Waals surface area contributed by atoms with E-state index in [0.29, 0.717) is 30.7 Å². The Labute approximate surface area is 290 Å². The van der Waals surface area contributed by atoms with E-state index in [1.165, 1.54) is 6.07 Å². The number of hydrogen-bond acceptors (Lipinski definition) is 6. The standard InChI is InChI=1S/C21H29N7O.C15H21F4NO/c1-21(2,3)17-11-15-13-28(20(29)27-18(15)26-17)16-7-5-14(6-8-16)12-24-9-4-10-25-19(22)23;1-14(2,3)11-7-10(13(16)5-4-6-20)8-12(9-11)21-15(17,18)19/h5-8,11,13,24H,4,9-10,12H2,1-3H3,(H4,22,23,25)(H,26,27,29);7-9,13H,4-6,20H2,1-3H3/t;13-/m.0/s1. The molecule has 2 heterocycles. The Kier molecular flexibility index (Phi) is 13.6. The Hall–Kier alpha value is -4.43. The first-order chi connectivity index (χ1) is 23.3. The molecule has 0 spiro atoms. The smallest absolute Gasteiger partial charge is 0.406 e. The highest BCUT2D eigenvalue weighted by Crippen LogP contribution is 2.34. The van der Waals surface area contributed by atoms with Crippen molar-refractivity contribution < 1.29 is 22.3 Å². The van der Waals surface area contributed by atoms with Gasteiger partial charge >= 0.3 is 12.1 Å². The molecule has 0 unspecified atom stereocenters. The maximum absolute atomic E-state index is 14.1. The van der Waals surface area contributed by atoms with E-state index in [1.807, 2.05) is 51.2 Å². The summed E-state index contributed by atoms with van der Waals surface area (Å²) in [6.07, 6.45) is -2.80. The molecule has 14 heteroatoms. The van der Waals surface area contributed by atoms with Crippen molar-refractivity contribution in [2.24, 2.45) is 22.2 Å². The van der Waals surface area contributed by atoms with Crippen molar-refractivity contribution in [3.05, 3.63) is 87.6 Å². The Morgan fingerprint density at radius 1 is 1.00 bits per heavy atom. The average Bonchev–Trinajstić information content (AvgIpc) is 3.44. The number of benzene rings is 2. The first kappa shape index (κ1) is 40.0. The van der Waals surface area contributed by atoms with Crippen molar-refractivity contribution in [3.63, 3.8) is 0 Å². The van der Waals surface area contributed by atoms with Crippen molar-refractivity contribution in [1.82, 2.24) is 19.9 Å². The van der Waals surface area contributed by atoms with Crippen LogP contribution in [-0.4, -0.2) is 46.5 Å². The molecule has 0 amide bonds. The largest absolute Gasteiger partial charge is 0.573 e. The third-order valence-corrected chi connectivity index (χ3v) is 7.72. The van der Waals surface area contributed by atoms with Crippen molar-refractivity contribution in [2.75, 3.05) is 19.6 Å². The molecule has 8 N–H and O–H groups in total. The molecule has 0 aliphatic carbocycles. The molecule has 4 rings (SSSR count). The molecule has 0 bridgehead atoms. The molecule has 50 heavy (non-hydrogen) atoms. The van der Waals surface area contributed by atoms with Crippen LogP contribution in [0.4, 0.5) is 17.6 Å². The predicted molar refractivity (Wildman–Crippen MR) is 191 cm³/mol. The second-order valence-corrected chi connectivity index (χ2v) is 14.1. The molecular weight excluding hydrogens is 652 g/mol. The van der Waals surface area contributed by atoms with Gasteiger partial charge in [-0.3, -0.25) is 9.56 Å². The Morgan fingerprint density at radius 2 is 1.68 bits per heavy atom. The zero-order valence-corrected chi connectivity index (χ0v) is 29.6. The molecule has 10 nitrogen and oxygen atoms in total. The number of aromatic amines is 1. The van der Waals surface area contributed by atoms with E-state index in [1.54, 1.807) is 10.6 Å². The van der Waals surface area contributed by atoms with E-state index in [9.17, 15) is 22.4 Å². The van der Waals surface area contributed by atoms with Gasteiger partial charge in [0.25, 0.3) is 0 Å². The number of nitrogens with one attached hydrogen (secondary N) is 2. The minimum absolute atomic E-state index is 0.0352. The quantitative estimate of drug-likeness (QED) is 0.0494. The molecule has 0 aliphatic heterocycles. The summed E-state index contributed by atoms with van der Waals surface area (Å²) in [5.41, 5.74) is 19.6. The SMILES string of the molecule is CC(C)(C)c1cc(OC(F)(F)F)cc([C@@H](F)CCCN)c1.CC(C)(C)c1cc2cn(-c3ccc(CNCCCN=C(N)N)cc3)c(=O)nc2[nH]1. The van der Waals surface area contributed by atoms with Gasteiger partial charge in [-0.2, -0.15) is 4.98 Å². The highest BCUT2D eigenvalue weighted by Gasteiger charge is 2.32. The molecule has 4 aromatic rings. The highest BCUT2D eigenvalue weighted by atomic mass is 19.4. The fourth-order valence-electron chi connectivity index (χ4n) is 4.89. The number of hydrogen-bond donors (Lipinski definition) is 5. The van der Waals surface area contributed by atoms with Gasteiger partial charge in [-0.1, -0.05) is 59.7 Å². The van der Waals surface area contributed by atoms with Crippen LogP contribution in [0.1, 0.15) is 89.4 Å². The number of fused-ring (bicyclic) bond motifs is 1. The molecule has 0 aliphatic rings. The summed E-state index contributed by atoms with van der Waals surface area (Å²) >= 11 is 0. The van der Waals surface area contributed by atoms with Crippen LogP contribution in [0, 0.1) is 0 Å². The minimum atomic E-state index is -4.79. The lowest BCUT2D eigenvalue weighted by Crippen LogP contribution is -2.23. The van der Waals surface area contributed by atoms with Crippen LogP contribution in [0.5, 0.6) is 5.75 Å². The van der Waals surface area contributed by atoms with Crippen LogP contribution in [0.3, 0.4) is 0 Å². The molecule has 2 aromatic carbocycles. The maximum Gasteiger partial charge on any atom is 0.573 e. The second kappa shape index (κ2) is 17.0. The number of alkyl halides is 4. The Bertz CT molecular complexity index is 1760. The summed E-state index contributed by atoms with van der Waals surface area (Å²) in [7, 11) is 0. The van der Waals surface area contributed by atoms with Crippen LogP contribution < -0.4 is 32.9 Å². The molecule has 1 atom stereocenters. The second-order valence-electron chi connectivity index (χ2n) is 14.1. The lowest BCUT2D eigenvalue weighted by Gasteiger charge is -2.22. The molecule has 0 fully saturated rings. The van der Waals surface area contributed by atoms with Crippen LogP contribution in [0.15, 0.2) is 64.5 Å².